The van der Waals surface area contributed by atoms with E-state index in [-0.39, 0.29) is 11.4 Å². The molecule has 0 atom stereocenters. The van der Waals surface area contributed by atoms with Crippen molar-refractivity contribution in [1.29, 1.82) is 0 Å². The molecule has 1 aliphatic heterocycles. The molecule has 0 bridgehead atoms. The Kier molecular flexibility index (Phi) is 4.01. The van der Waals surface area contributed by atoms with Crippen molar-refractivity contribution in [1.82, 2.24) is 9.97 Å². The zero-order valence-electron chi connectivity index (χ0n) is 13.6. The third kappa shape index (κ3) is 3.03. The molecule has 3 aromatic rings. The molecule has 5 nitrogen and oxygen atoms in total. The highest BCUT2D eigenvalue weighted by atomic mass is 19.1. The summed E-state index contributed by atoms with van der Waals surface area (Å²) in [5.74, 6) is -0.373. The van der Waals surface area contributed by atoms with E-state index in [1.807, 2.05) is 24.3 Å². The predicted octanol–water partition coefficient (Wildman–Crippen LogP) is 3.62. The van der Waals surface area contributed by atoms with Gasteiger partial charge in [0.05, 0.1) is 16.7 Å². The molecule has 1 N–H and O–H groups in total. The van der Waals surface area contributed by atoms with Gasteiger partial charge in [-0.05, 0) is 37.1 Å². The second-order valence-electron chi connectivity index (χ2n) is 6.01. The van der Waals surface area contributed by atoms with Crippen LogP contribution in [0.25, 0.3) is 11.0 Å². The van der Waals surface area contributed by atoms with Crippen LogP contribution in [0.2, 0.25) is 0 Å². The first kappa shape index (κ1) is 15.5. The predicted molar refractivity (Wildman–Crippen MR) is 95.3 cm³/mol. The Hall–Kier alpha value is -3.02. The molecule has 0 saturated carbocycles. The summed E-state index contributed by atoms with van der Waals surface area (Å²) in [6.07, 6.45) is 2.12. The number of para-hydroxylation sites is 3. The van der Waals surface area contributed by atoms with Crippen LogP contribution in [-0.4, -0.2) is 29.0 Å². The van der Waals surface area contributed by atoms with Crippen LogP contribution >= 0.6 is 0 Å². The smallest absolute Gasteiger partial charge is 0.278 e. The number of benzene rings is 2. The molecular weight excluding hydrogens is 319 g/mol. The van der Waals surface area contributed by atoms with Crippen molar-refractivity contribution in [3.8, 4) is 0 Å². The van der Waals surface area contributed by atoms with E-state index in [1.54, 1.807) is 12.1 Å². The molecule has 1 saturated heterocycles. The minimum absolute atomic E-state index is 0.134. The lowest BCUT2D eigenvalue weighted by Gasteiger charge is -2.19. The third-order valence-corrected chi connectivity index (χ3v) is 4.29. The molecule has 1 fully saturated rings. The first-order valence-corrected chi connectivity index (χ1v) is 8.30. The molecule has 1 amide bonds. The number of amides is 1. The molecule has 0 aliphatic carbocycles. The molecule has 2 aromatic carbocycles. The number of rotatable bonds is 3. The van der Waals surface area contributed by atoms with Crippen LogP contribution in [0.5, 0.6) is 0 Å². The number of carbonyl (C=O) groups is 1. The molecule has 25 heavy (non-hydrogen) atoms. The van der Waals surface area contributed by atoms with E-state index in [0.717, 1.165) is 31.4 Å². The summed E-state index contributed by atoms with van der Waals surface area (Å²) in [6.45, 7) is 1.68. The number of hydrogen-bond donors (Lipinski definition) is 1. The van der Waals surface area contributed by atoms with Crippen molar-refractivity contribution in [2.45, 2.75) is 12.8 Å². The molecule has 1 aromatic heterocycles. The second-order valence-corrected chi connectivity index (χ2v) is 6.01. The number of nitrogens with one attached hydrogen (secondary N) is 1. The Labute approximate surface area is 144 Å². The number of hydrogen-bond acceptors (Lipinski definition) is 4. The van der Waals surface area contributed by atoms with E-state index in [2.05, 4.69) is 20.2 Å². The van der Waals surface area contributed by atoms with Crippen LogP contribution in [0.4, 0.5) is 15.9 Å². The lowest BCUT2D eigenvalue weighted by molar-refractivity contribution is 0.102. The Morgan fingerprint density at radius 1 is 0.960 bits per heavy atom. The van der Waals surface area contributed by atoms with Gasteiger partial charge in [0, 0.05) is 13.1 Å². The highest BCUT2D eigenvalue weighted by Crippen LogP contribution is 2.25. The molecule has 4 rings (SSSR count). The highest BCUT2D eigenvalue weighted by molar-refractivity contribution is 6.07. The number of carbonyl (C=O) groups excluding carboxylic acids is 1. The van der Waals surface area contributed by atoms with E-state index in [9.17, 15) is 9.18 Å². The first-order chi connectivity index (χ1) is 12.2. The third-order valence-electron chi connectivity index (χ3n) is 4.29. The fourth-order valence-corrected chi connectivity index (χ4v) is 3.04. The normalized spacial score (nSPS) is 14.0. The summed E-state index contributed by atoms with van der Waals surface area (Å²) in [5.41, 5.74) is 1.75. The first-order valence-electron chi connectivity index (χ1n) is 8.30. The fraction of sp³-hybridized carbons (Fsp3) is 0.211. The van der Waals surface area contributed by atoms with Crippen LogP contribution in [0, 0.1) is 5.82 Å². The Morgan fingerprint density at radius 2 is 1.60 bits per heavy atom. The van der Waals surface area contributed by atoms with Crippen molar-refractivity contribution in [3.63, 3.8) is 0 Å². The molecule has 0 radical (unpaired) electrons. The van der Waals surface area contributed by atoms with Crippen molar-refractivity contribution in [2.24, 2.45) is 0 Å². The molecule has 2 heterocycles. The quantitative estimate of drug-likeness (QED) is 0.794. The SMILES string of the molecule is O=C(Nc1ccccc1F)c1nc2ccccc2nc1N1CCCC1. The number of aromatic nitrogens is 2. The largest absolute Gasteiger partial charge is 0.355 e. The molecule has 0 unspecified atom stereocenters. The van der Waals surface area contributed by atoms with Crippen LogP contribution in [0.15, 0.2) is 48.5 Å². The topological polar surface area (TPSA) is 58.1 Å². The van der Waals surface area contributed by atoms with Crippen LogP contribution in [0.3, 0.4) is 0 Å². The number of anilines is 2. The van der Waals surface area contributed by atoms with Gasteiger partial charge in [-0.1, -0.05) is 24.3 Å². The minimum Gasteiger partial charge on any atom is -0.355 e. The average molecular weight is 336 g/mol. The summed E-state index contributed by atoms with van der Waals surface area (Å²) in [6, 6.07) is 13.5. The maximum atomic E-state index is 13.9. The van der Waals surface area contributed by atoms with Crippen molar-refractivity contribution in [3.05, 3.63) is 60.0 Å². The number of fused-ring (bicyclic) bond motifs is 1. The van der Waals surface area contributed by atoms with Crippen LogP contribution < -0.4 is 10.2 Å². The lowest BCUT2D eigenvalue weighted by Crippen LogP contribution is -2.25. The van der Waals surface area contributed by atoms with E-state index >= 15 is 0 Å². The van der Waals surface area contributed by atoms with Crippen molar-refractivity contribution >= 4 is 28.4 Å². The number of nitrogens with zero attached hydrogens (tertiary/aromatic N) is 3. The monoisotopic (exact) mass is 336 g/mol. The van der Waals surface area contributed by atoms with Crippen LogP contribution in [-0.2, 0) is 0 Å². The average Bonchev–Trinajstić information content (AvgIpc) is 3.17. The zero-order chi connectivity index (χ0) is 17.2. The summed E-state index contributed by atoms with van der Waals surface area (Å²) in [7, 11) is 0. The molecule has 0 spiro atoms. The maximum Gasteiger partial charge on any atom is 0.278 e. The fourth-order valence-electron chi connectivity index (χ4n) is 3.04. The molecule has 1 aliphatic rings. The molecule has 6 heteroatoms. The summed E-state index contributed by atoms with van der Waals surface area (Å²) < 4.78 is 13.9. The summed E-state index contributed by atoms with van der Waals surface area (Å²) >= 11 is 0. The van der Waals surface area contributed by atoms with Gasteiger partial charge in [0.1, 0.15) is 5.82 Å². The minimum atomic E-state index is -0.479. The van der Waals surface area contributed by atoms with E-state index < -0.39 is 11.7 Å². The lowest BCUT2D eigenvalue weighted by atomic mass is 10.2. The van der Waals surface area contributed by atoms with Gasteiger partial charge in [0.2, 0.25) is 0 Å². The zero-order valence-corrected chi connectivity index (χ0v) is 13.6. The Balaban J connectivity index is 1.77. The van der Waals surface area contributed by atoms with Gasteiger partial charge in [-0.15, -0.1) is 0 Å². The van der Waals surface area contributed by atoms with Gasteiger partial charge in [0.15, 0.2) is 11.5 Å². The highest BCUT2D eigenvalue weighted by Gasteiger charge is 2.24. The van der Waals surface area contributed by atoms with Gasteiger partial charge < -0.3 is 10.2 Å². The van der Waals surface area contributed by atoms with Gasteiger partial charge in [-0.25, -0.2) is 14.4 Å². The van der Waals surface area contributed by atoms with Gasteiger partial charge in [-0.3, -0.25) is 4.79 Å². The molecule has 126 valence electrons. The van der Waals surface area contributed by atoms with Gasteiger partial charge in [-0.2, -0.15) is 0 Å². The standard InChI is InChI=1S/C19H17FN4O/c20-13-7-1-2-8-14(13)23-19(25)17-18(24-11-5-6-12-24)22-16-10-4-3-9-15(16)21-17/h1-4,7-10H,5-6,11-12H2,(H,23,25). The summed E-state index contributed by atoms with van der Waals surface area (Å²) in [5, 5.41) is 2.61. The molecular formula is C19H17FN4O. The Morgan fingerprint density at radius 3 is 2.32 bits per heavy atom. The maximum absolute atomic E-state index is 13.9. The summed E-state index contributed by atoms with van der Waals surface area (Å²) in [4.78, 5) is 24.0. The van der Waals surface area contributed by atoms with E-state index in [1.165, 1.54) is 12.1 Å². The van der Waals surface area contributed by atoms with E-state index in [4.69, 9.17) is 0 Å². The van der Waals surface area contributed by atoms with E-state index in [0.29, 0.717) is 11.3 Å². The van der Waals surface area contributed by atoms with Crippen molar-refractivity contribution in [2.75, 3.05) is 23.3 Å². The Bertz CT molecular complexity index is 938. The van der Waals surface area contributed by atoms with Gasteiger partial charge >= 0.3 is 0 Å². The van der Waals surface area contributed by atoms with Crippen LogP contribution in [0.1, 0.15) is 23.3 Å². The van der Waals surface area contributed by atoms with Crippen molar-refractivity contribution < 1.29 is 9.18 Å². The second kappa shape index (κ2) is 6.47. The van der Waals surface area contributed by atoms with Gasteiger partial charge in [0.25, 0.3) is 5.91 Å². The number of halogens is 1.